The van der Waals surface area contributed by atoms with Gasteiger partial charge in [0.05, 0.1) is 31.8 Å². The monoisotopic (exact) mass is 448 g/mol. The Balaban J connectivity index is 1.40. The van der Waals surface area contributed by atoms with E-state index in [1.165, 1.54) is 4.31 Å². The molecular weight excluding hydrogens is 420 g/mol. The molecule has 0 spiro atoms. The van der Waals surface area contributed by atoms with Crippen LogP contribution in [0.15, 0.2) is 53.4 Å². The lowest BCUT2D eigenvalue weighted by molar-refractivity contribution is -0.121. The highest BCUT2D eigenvalue weighted by Gasteiger charge is 2.26. The van der Waals surface area contributed by atoms with Gasteiger partial charge >= 0.3 is 0 Å². The molecule has 1 N–H and O–H groups in total. The maximum atomic E-state index is 12.6. The van der Waals surface area contributed by atoms with Gasteiger partial charge in [-0.25, -0.2) is 8.42 Å². The molecule has 0 aromatic heterocycles. The van der Waals surface area contributed by atoms with E-state index in [9.17, 15) is 13.2 Å². The van der Waals surface area contributed by atoms with Crippen LogP contribution in [-0.4, -0.2) is 65.2 Å². The zero-order valence-corrected chi connectivity index (χ0v) is 18.4. The maximum Gasteiger partial charge on any atom is 0.243 e. The van der Waals surface area contributed by atoms with Gasteiger partial charge in [-0.05, 0) is 36.2 Å². The number of carbonyl (C=O) groups is 1. The van der Waals surface area contributed by atoms with Crippen LogP contribution in [0.1, 0.15) is 12.0 Å². The maximum absolute atomic E-state index is 12.6. The van der Waals surface area contributed by atoms with Gasteiger partial charge in [0.1, 0.15) is 18.1 Å². The van der Waals surface area contributed by atoms with Gasteiger partial charge < -0.3 is 19.5 Å². The van der Waals surface area contributed by atoms with Gasteiger partial charge in [0.25, 0.3) is 0 Å². The smallest absolute Gasteiger partial charge is 0.243 e. The highest BCUT2D eigenvalue weighted by molar-refractivity contribution is 7.89. The molecule has 0 bridgehead atoms. The predicted octanol–water partition coefficient (Wildman–Crippen LogP) is 1.84. The first-order chi connectivity index (χ1) is 15.0. The van der Waals surface area contributed by atoms with Crippen LogP contribution < -0.4 is 14.8 Å². The number of aryl methyl sites for hydroxylation is 1. The van der Waals surface area contributed by atoms with Crippen LogP contribution in [0.25, 0.3) is 0 Å². The molecule has 1 aliphatic heterocycles. The fraction of sp³-hybridized carbons (Fsp3) is 0.409. The van der Waals surface area contributed by atoms with Crippen LogP contribution in [-0.2, 0) is 26.0 Å². The number of nitrogens with one attached hydrogen (secondary N) is 1. The Hall–Kier alpha value is -2.62. The molecular formula is C22H28N2O6S. The molecule has 0 saturated carbocycles. The third kappa shape index (κ3) is 6.68. The number of ether oxygens (including phenoxy) is 3. The third-order valence-electron chi connectivity index (χ3n) is 4.91. The van der Waals surface area contributed by atoms with Crippen molar-refractivity contribution in [3.05, 3.63) is 54.1 Å². The summed E-state index contributed by atoms with van der Waals surface area (Å²) in [6.07, 6.45) is 0.842. The Labute approximate surface area is 183 Å². The van der Waals surface area contributed by atoms with E-state index in [1.807, 2.05) is 18.2 Å². The van der Waals surface area contributed by atoms with E-state index >= 15 is 0 Å². The van der Waals surface area contributed by atoms with Gasteiger partial charge in [0, 0.05) is 25.6 Å². The fourth-order valence-electron chi connectivity index (χ4n) is 3.16. The summed E-state index contributed by atoms with van der Waals surface area (Å²) in [5.41, 5.74) is 0.906. The minimum Gasteiger partial charge on any atom is -0.497 e. The summed E-state index contributed by atoms with van der Waals surface area (Å²) in [5, 5.41) is 2.82. The number of nitrogens with zero attached hydrogens (tertiary/aromatic N) is 1. The zero-order chi connectivity index (χ0) is 22.1. The molecule has 1 fully saturated rings. The molecule has 0 radical (unpaired) electrons. The molecule has 8 nitrogen and oxygen atoms in total. The molecule has 1 aliphatic rings. The Morgan fingerprint density at radius 1 is 1.10 bits per heavy atom. The second-order valence-corrected chi connectivity index (χ2v) is 8.98. The van der Waals surface area contributed by atoms with E-state index in [4.69, 9.17) is 14.2 Å². The summed E-state index contributed by atoms with van der Waals surface area (Å²) in [6.45, 7) is 2.31. The van der Waals surface area contributed by atoms with Crippen LogP contribution in [0, 0.1) is 0 Å². The first-order valence-electron chi connectivity index (χ1n) is 10.2. The number of rotatable bonds is 10. The molecule has 1 saturated heterocycles. The Morgan fingerprint density at radius 2 is 1.81 bits per heavy atom. The molecule has 3 rings (SSSR count). The standard InChI is InChI=1S/C22H28N2O6S/c1-28-19-3-2-4-20(17-19)30-14-11-23-22(25)10-7-18-5-8-21(9-6-18)31(26,27)24-12-15-29-16-13-24/h2-6,8-9,17H,7,10-16H2,1H3,(H,23,25). The first kappa shape index (κ1) is 23.1. The van der Waals surface area contributed by atoms with E-state index in [2.05, 4.69) is 5.32 Å². The van der Waals surface area contributed by atoms with E-state index in [1.54, 1.807) is 37.4 Å². The number of benzene rings is 2. The minimum absolute atomic E-state index is 0.0840. The second-order valence-electron chi connectivity index (χ2n) is 7.04. The summed E-state index contributed by atoms with van der Waals surface area (Å²) in [7, 11) is -1.91. The van der Waals surface area contributed by atoms with Crippen LogP contribution in [0.2, 0.25) is 0 Å². The molecule has 0 aliphatic carbocycles. The lowest BCUT2D eigenvalue weighted by Crippen LogP contribution is -2.40. The molecule has 168 valence electrons. The average molecular weight is 449 g/mol. The number of sulfonamides is 1. The number of carbonyl (C=O) groups excluding carboxylic acids is 1. The first-order valence-corrected chi connectivity index (χ1v) is 11.6. The highest BCUT2D eigenvalue weighted by Crippen LogP contribution is 2.19. The van der Waals surface area contributed by atoms with Gasteiger partial charge in [-0.1, -0.05) is 18.2 Å². The zero-order valence-electron chi connectivity index (χ0n) is 17.6. The molecule has 0 atom stereocenters. The number of hydrogen-bond acceptors (Lipinski definition) is 6. The van der Waals surface area contributed by atoms with Crippen LogP contribution >= 0.6 is 0 Å². The molecule has 1 amide bonds. The highest BCUT2D eigenvalue weighted by atomic mass is 32.2. The van der Waals surface area contributed by atoms with Gasteiger partial charge in [0.2, 0.25) is 15.9 Å². The lowest BCUT2D eigenvalue weighted by Gasteiger charge is -2.26. The van der Waals surface area contributed by atoms with Crippen molar-refractivity contribution in [2.75, 3.05) is 46.6 Å². The topological polar surface area (TPSA) is 94.2 Å². The Kier molecular flexibility index (Phi) is 8.27. The average Bonchev–Trinajstić information content (AvgIpc) is 2.81. The summed E-state index contributed by atoms with van der Waals surface area (Å²) in [4.78, 5) is 12.3. The number of morpholine rings is 1. The quantitative estimate of drug-likeness (QED) is 0.558. The van der Waals surface area contributed by atoms with Crippen molar-refractivity contribution in [2.45, 2.75) is 17.7 Å². The largest absolute Gasteiger partial charge is 0.497 e. The molecule has 1 heterocycles. The van der Waals surface area contributed by atoms with Gasteiger partial charge in [-0.3, -0.25) is 4.79 Å². The Morgan fingerprint density at radius 3 is 2.52 bits per heavy atom. The van der Waals surface area contributed by atoms with Crippen LogP contribution in [0.5, 0.6) is 11.5 Å². The summed E-state index contributed by atoms with van der Waals surface area (Å²) < 4.78 is 42.7. The number of hydrogen-bond donors (Lipinski definition) is 1. The van der Waals surface area contributed by atoms with Gasteiger partial charge in [-0.2, -0.15) is 4.31 Å². The molecule has 2 aromatic carbocycles. The predicted molar refractivity (Wildman–Crippen MR) is 116 cm³/mol. The molecule has 31 heavy (non-hydrogen) atoms. The van der Waals surface area contributed by atoms with Gasteiger partial charge in [0.15, 0.2) is 0 Å². The molecule has 2 aromatic rings. The third-order valence-corrected chi connectivity index (χ3v) is 6.82. The van der Waals surface area contributed by atoms with Crippen molar-refractivity contribution in [3.63, 3.8) is 0 Å². The molecule has 9 heteroatoms. The van der Waals surface area contributed by atoms with Crippen molar-refractivity contribution < 1.29 is 27.4 Å². The van der Waals surface area contributed by atoms with Crippen molar-refractivity contribution in [1.29, 1.82) is 0 Å². The summed E-state index contributed by atoms with van der Waals surface area (Å²) >= 11 is 0. The summed E-state index contributed by atoms with van der Waals surface area (Å²) in [5.74, 6) is 1.31. The Bertz CT molecular complexity index is 956. The van der Waals surface area contributed by atoms with E-state index < -0.39 is 10.0 Å². The van der Waals surface area contributed by atoms with E-state index in [0.717, 1.165) is 5.56 Å². The van der Waals surface area contributed by atoms with Crippen molar-refractivity contribution in [3.8, 4) is 11.5 Å². The van der Waals surface area contributed by atoms with Crippen LogP contribution in [0.4, 0.5) is 0 Å². The van der Waals surface area contributed by atoms with Gasteiger partial charge in [-0.15, -0.1) is 0 Å². The number of methoxy groups -OCH3 is 1. The SMILES string of the molecule is COc1cccc(OCCNC(=O)CCc2ccc(S(=O)(=O)N3CCOCC3)cc2)c1. The summed E-state index contributed by atoms with van der Waals surface area (Å²) in [6, 6.07) is 14.0. The van der Waals surface area contributed by atoms with E-state index in [-0.39, 0.29) is 10.8 Å². The second kappa shape index (κ2) is 11.1. The lowest BCUT2D eigenvalue weighted by atomic mass is 10.1. The van der Waals surface area contributed by atoms with Crippen molar-refractivity contribution in [1.82, 2.24) is 9.62 Å². The normalized spacial score (nSPS) is 14.7. The minimum atomic E-state index is -3.50. The van der Waals surface area contributed by atoms with Crippen molar-refractivity contribution >= 4 is 15.9 Å². The van der Waals surface area contributed by atoms with Crippen molar-refractivity contribution in [2.24, 2.45) is 0 Å². The number of amides is 1. The van der Waals surface area contributed by atoms with E-state index in [0.29, 0.717) is 63.8 Å². The van der Waals surface area contributed by atoms with Crippen LogP contribution in [0.3, 0.4) is 0 Å². The molecule has 0 unspecified atom stereocenters. The fourth-order valence-corrected chi connectivity index (χ4v) is 4.57.